The predicted molar refractivity (Wildman–Crippen MR) is 107 cm³/mol. The molecule has 0 fully saturated rings. The van der Waals surface area contributed by atoms with Gasteiger partial charge in [0.25, 0.3) is 0 Å². The minimum absolute atomic E-state index is 0.302. The Bertz CT molecular complexity index is 875. The predicted octanol–water partition coefficient (Wildman–Crippen LogP) is 3.93. The zero-order valence-electron chi connectivity index (χ0n) is 16.1. The van der Waals surface area contributed by atoms with E-state index >= 15 is 0 Å². The van der Waals surface area contributed by atoms with Crippen molar-refractivity contribution in [3.63, 3.8) is 0 Å². The third-order valence-electron chi connectivity index (χ3n) is 4.48. The molecule has 1 atom stereocenters. The molecular weight excluding hydrogens is 340 g/mol. The van der Waals surface area contributed by atoms with Crippen LogP contribution in [0.25, 0.3) is 22.5 Å². The van der Waals surface area contributed by atoms with Crippen molar-refractivity contribution in [2.45, 2.75) is 26.5 Å². The maximum absolute atomic E-state index is 10.3. The van der Waals surface area contributed by atoms with E-state index in [4.69, 9.17) is 9.47 Å². The highest BCUT2D eigenvalue weighted by atomic mass is 16.5. The smallest absolute Gasteiger partial charge is 0.121 e. The van der Waals surface area contributed by atoms with E-state index in [9.17, 15) is 5.11 Å². The summed E-state index contributed by atoms with van der Waals surface area (Å²) in [7, 11) is 1.67. The molecule has 0 aliphatic heterocycles. The van der Waals surface area contributed by atoms with Crippen LogP contribution in [0.15, 0.2) is 54.9 Å². The van der Waals surface area contributed by atoms with Crippen LogP contribution in [0, 0.1) is 6.92 Å². The number of methoxy groups -OCH3 is 1. The Balaban J connectivity index is 2.05. The molecule has 142 valence electrons. The Morgan fingerprint density at radius 3 is 2.56 bits per heavy atom. The third kappa shape index (κ3) is 4.38. The summed E-state index contributed by atoms with van der Waals surface area (Å²) in [4.78, 5) is 4.65. The summed E-state index contributed by atoms with van der Waals surface area (Å²) in [5.74, 6) is 0.849. The highest BCUT2D eigenvalue weighted by Gasteiger charge is 2.18. The number of aliphatic hydroxyl groups excluding tert-OH is 1. The average Bonchev–Trinajstić information content (AvgIpc) is 3.10. The molecule has 3 aromatic rings. The van der Waals surface area contributed by atoms with Crippen LogP contribution in [0.2, 0.25) is 0 Å². The van der Waals surface area contributed by atoms with Crippen molar-refractivity contribution >= 4 is 0 Å². The topological polar surface area (TPSA) is 56.5 Å². The van der Waals surface area contributed by atoms with Crippen LogP contribution in [-0.4, -0.2) is 41.1 Å². The molecular formula is C22H26N2O3. The van der Waals surface area contributed by atoms with Gasteiger partial charge in [-0.3, -0.25) is 0 Å². The normalized spacial score (nSPS) is 12.1. The zero-order valence-corrected chi connectivity index (χ0v) is 16.1. The molecule has 1 N–H and O–H groups in total. The molecule has 5 nitrogen and oxygen atoms in total. The monoisotopic (exact) mass is 366 g/mol. The standard InChI is InChI=1S/C22H26N2O3/c1-4-27-14-19(25)13-24-15-23-21(17-8-6-5-7-9-17)22(24)18-10-11-20(26-3)16(2)12-18/h5-12,15,19,25H,4,13-14H2,1-3H3. The van der Waals surface area contributed by atoms with Crippen LogP contribution in [-0.2, 0) is 11.3 Å². The van der Waals surface area contributed by atoms with Crippen molar-refractivity contribution in [1.29, 1.82) is 0 Å². The van der Waals surface area contributed by atoms with Crippen molar-refractivity contribution in [3.8, 4) is 28.3 Å². The van der Waals surface area contributed by atoms with Crippen LogP contribution >= 0.6 is 0 Å². The highest BCUT2D eigenvalue weighted by molar-refractivity contribution is 5.79. The van der Waals surface area contributed by atoms with E-state index < -0.39 is 6.10 Å². The Morgan fingerprint density at radius 1 is 1.11 bits per heavy atom. The molecule has 3 rings (SSSR count). The first kappa shape index (κ1) is 19.1. The Labute approximate surface area is 160 Å². The van der Waals surface area contributed by atoms with Crippen LogP contribution in [0.3, 0.4) is 0 Å². The molecule has 27 heavy (non-hydrogen) atoms. The highest BCUT2D eigenvalue weighted by Crippen LogP contribution is 2.33. The summed E-state index contributed by atoms with van der Waals surface area (Å²) >= 11 is 0. The van der Waals surface area contributed by atoms with Gasteiger partial charge in [-0.05, 0) is 37.6 Å². The van der Waals surface area contributed by atoms with E-state index in [-0.39, 0.29) is 0 Å². The minimum Gasteiger partial charge on any atom is -0.496 e. The first-order valence-corrected chi connectivity index (χ1v) is 9.15. The van der Waals surface area contributed by atoms with Crippen molar-refractivity contribution in [1.82, 2.24) is 9.55 Å². The molecule has 0 spiro atoms. The summed E-state index contributed by atoms with van der Waals surface area (Å²) in [5.41, 5.74) is 5.00. The number of aliphatic hydroxyl groups is 1. The zero-order chi connectivity index (χ0) is 19.2. The lowest BCUT2D eigenvalue weighted by atomic mass is 10.0. The van der Waals surface area contributed by atoms with E-state index in [1.54, 1.807) is 13.4 Å². The molecule has 1 heterocycles. The van der Waals surface area contributed by atoms with E-state index in [0.29, 0.717) is 19.8 Å². The lowest BCUT2D eigenvalue weighted by molar-refractivity contribution is 0.0337. The second kappa shape index (κ2) is 8.84. The Morgan fingerprint density at radius 2 is 1.89 bits per heavy atom. The van der Waals surface area contributed by atoms with Crippen LogP contribution in [0.1, 0.15) is 12.5 Å². The maximum atomic E-state index is 10.3. The van der Waals surface area contributed by atoms with Gasteiger partial charge in [-0.25, -0.2) is 4.98 Å². The third-order valence-corrected chi connectivity index (χ3v) is 4.48. The van der Waals surface area contributed by atoms with Gasteiger partial charge in [0.1, 0.15) is 5.75 Å². The number of imidazole rings is 1. The molecule has 0 radical (unpaired) electrons. The molecule has 0 saturated heterocycles. The number of aromatic nitrogens is 2. The fourth-order valence-electron chi connectivity index (χ4n) is 3.19. The minimum atomic E-state index is -0.596. The van der Waals surface area contributed by atoms with Gasteiger partial charge in [0.15, 0.2) is 0 Å². The van der Waals surface area contributed by atoms with Crippen LogP contribution in [0.4, 0.5) is 0 Å². The number of hydrogen-bond donors (Lipinski definition) is 1. The van der Waals surface area contributed by atoms with E-state index in [2.05, 4.69) is 11.1 Å². The molecule has 1 aromatic heterocycles. The van der Waals surface area contributed by atoms with E-state index in [0.717, 1.165) is 33.8 Å². The number of hydrogen-bond acceptors (Lipinski definition) is 4. The second-order valence-electron chi connectivity index (χ2n) is 6.46. The molecule has 0 amide bonds. The quantitative estimate of drug-likeness (QED) is 0.656. The molecule has 0 bridgehead atoms. The Kier molecular flexibility index (Phi) is 6.27. The molecule has 0 aliphatic rings. The number of nitrogens with zero attached hydrogens (tertiary/aromatic N) is 2. The van der Waals surface area contributed by atoms with Crippen molar-refractivity contribution in [2.75, 3.05) is 20.3 Å². The van der Waals surface area contributed by atoms with Crippen molar-refractivity contribution < 1.29 is 14.6 Å². The number of rotatable bonds is 8. The van der Waals surface area contributed by atoms with Crippen molar-refractivity contribution in [2.24, 2.45) is 0 Å². The van der Waals surface area contributed by atoms with Gasteiger partial charge in [0, 0.05) is 17.7 Å². The first-order valence-electron chi connectivity index (χ1n) is 9.15. The van der Waals surface area contributed by atoms with Crippen LogP contribution < -0.4 is 4.74 Å². The van der Waals surface area contributed by atoms with Gasteiger partial charge >= 0.3 is 0 Å². The van der Waals surface area contributed by atoms with E-state index in [1.165, 1.54) is 0 Å². The van der Waals surface area contributed by atoms with Gasteiger partial charge in [-0.15, -0.1) is 0 Å². The lowest BCUT2D eigenvalue weighted by Gasteiger charge is -2.16. The summed E-state index contributed by atoms with van der Waals surface area (Å²) in [6, 6.07) is 16.2. The second-order valence-corrected chi connectivity index (χ2v) is 6.46. The SMILES string of the molecule is CCOCC(O)Cn1cnc(-c2ccccc2)c1-c1ccc(OC)c(C)c1. The van der Waals surface area contributed by atoms with Gasteiger partial charge in [0.2, 0.25) is 0 Å². The molecule has 2 aromatic carbocycles. The van der Waals surface area contributed by atoms with Gasteiger partial charge in [-0.1, -0.05) is 30.3 Å². The largest absolute Gasteiger partial charge is 0.496 e. The fraction of sp³-hybridized carbons (Fsp3) is 0.318. The molecule has 5 heteroatoms. The summed E-state index contributed by atoms with van der Waals surface area (Å²) in [6.07, 6.45) is 1.19. The number of benzene rings is 2. The van der Waals surface area contributed by atoms with Gasteiger partial charge < -0.3 is 19.1 Å². The van der Waals surface area contributed by atoms with Crippen molar-refractivity contribution in [3.05, 3.63) is 60.4 Å². The summed E-state index contributed by atoms with van der Waals surface area (Å²) < 4.78 is 12.7. The molecule has 0 aliphatic carbocycles. The van der Waals surface area contributed by atoms with Gasteiger partial charge in [0.05, 0.1) is 44.1 Å². The Hall–Kier alpha value is -2.63. The summed E-state index contributed by atoms with van der Waals surface area (Å²) in [5, 5.41) is 10.3. The van der Waals surface area contributed by atoms with Gasteiger partial charge in [-0.2, -0.15) is 0 Å². The fourth-order valence-corrected chi connectivity index (χ4v) is 3.19. The van der Waals surface area contributed by atoms with E-state index in [1.807, 2.05) is 60.9 Å². The number of ether oxygens (including phenoxy) is 2. The lowest BCUT2D eigenvalue weighted by Crippen LogP contribution is -2.22. The van der Waals surface area contributed by atoms with Crippen LogP contribution in [0.5, 0.6) is 5.75 Å². The summed E-state index contributed by atoms with van der Waals surface area (Å²) in [6.45, 7) is 5.25. The number of aryl methyl sites for hydroxylation is 1. The maximum Gasteiger partial charge on any atom is 0.121 e. The average molecular weight is 366 g/mol. The molecule has 0 saturated carbocycles. The first-order chi connectivity index (χ1) is 13.1. The molecule has 1 unspecified atom stereocenters.